The fraction of sp³-hybridized carbons (Fsp3) is 0.571. The molecule has 108 valence electrons. The molecule has 2 aliphatic heterocycles. The highest BCUT2D eigenvalue weighted by atomic mass is 32.1. The fourth-order valence-electron chi connectivity index (χ4n) is 2.95. The number of hydrogen-bond donors (Lipinski definition) is 2. The molecule has 1 amide bonds. The number of carbonyl (C=O) groups excluding carboxylic acids is 1. The number of thiophene rings is 1. The first-order valence-corrected chi connectivity index (χ1v) is 7.78. The minimum atomic E-state index is -0.934. The van der Waals surface area contributed by atoms with Crippen LogP contribution in [0.4, 0.5) is 0 Å². The molecule has 1 saturated heterocycles. The third kappa shape index (κ3) is 2.13. The Bertz CT molecular complexity index is 538. The molecule has 3 heterocycles. The molecule has 0 radical (unpaired) electrons. The van der Waals surface area contributed by atoms with Gasteiger partial charge in [0.25, 0.3) is 0 Å². The Labute approximate surface area is 121 Å². The second-order valence-corrected chi connectivity index (χ2v) is 6.53. The van der Waals surface area contributed by atoms with Crippen LogP contribution in [0.5, 0.6) is 0 Å². The quantitative estimate of drug-likeness (QED) is 0.876. The van der Waals surface area contributed by atoms with Gasteiger partial charge in [0.1, 0.15) is 0 Å². The topological polar surface area (TPSA) is 69.6 Å². The van der Waals surface area contributed by atoms with Gasteiger partial charge in [-0.2, -0.15) is 0 Å². The molecule has 3 rings (SSSR count). The molecule has 0 aromatic carbocycles. The van der Waals surface area contributed by atoms with E-state index >= 15 is 0 Å². The number of amides is 1. The predicted molar refractivity (Wildman–Crippen MR) is 75.6 cm³/mol. The number of nitrogens with one attached hydrogen (secondary N) is 1. The maximum Gasteiger partial charge on any atom is 0.331 e. The Hall–Kier alpha value is -1.40. The van der Waals surface area contributed by atoms with Gasteiger partial charge < -0.3 is 15.3 Å². The van der Waals surface area contributed by atoms with E-state index in [9.17, 15) is 14.7 Å². The van der Waals surface area contributed by atoms with E-state index in [0.29, 0.717) is 12.5 Å². The monoisotopic (exact) mass is 294 g/mol. The molecule has 20 heavy (non-hydrogen) atoms. The van der Waals surface area contributed by atoms with Gasteiger partial charge in [-0.25, -0.2) is 4.79 Å². The van der Waals surface area contributed by atoms with Gasteiger partial charge in [-0.3, -0.25) is 4.79 Å². The number of aliphatic carboxylic acids is 1. The maximum absolute atomic E-state index is 12.6. The van der Waals surface area contributed by atoms with Crippen LogP contribution >= 0.6 is 11.3 Å². The van der Waals surface area contributed by atoms with Crippen molar-refractivity contribution in [3.8, 4) is 0 Å². The third-order valence-electron chi connectivity index (χ3n) is 4.39. The Balaban J connectivity index is 1.85. The van der Waals surface area contributed by atoms with Crippen molar-refractivity contribution < 1.29 is 14.7 Å². The van der Waals surface area contributed by atoms with E-state index in [4.69, 9.17) is 0 Å². The summed E-state index contributed by atoms with van der Waals surface area (Å²) in [4.78, 5) is 26.9. The van der Waals surface area contributed by atoms with Crippen molar-refractivity contribution in [3.63, 3.8) is 0 Å². The van der Waals surface area contributed by atoms with Crippen molar-refractivity contribution >= 4 is 23.2 Å². The summed E-state index contributed by atoms with van der Waals surface area (Å²) in [6.07, 6.45) is 0.762. The van der Waals surface area contributed by atoms with Gasteiger partial charge >= 0.3 is 5.97 Å². The van der Waals surface area contributed by atoms with Crippen molar-refractivity contribution in [1.82, 2.24) is 10.2 Å². The van der Waals surface area contributed by atoms with E-state index < -0.39 is 12.0 Å². The standard InChI is InChI=1S/C14H18N2O3S/c1-8(9-6-15-7-9)13(17)16-4-2-11-10(3-5-20-11)12(16)14(18)19/h3,5,8-9,12,15H,2,4,6-7H2,1H3,(H,18,19). The van der Waals surface area contributed by atoms with Gasteiger partial charge in [-0.15, -0.1) is 11.3 Å². The van der Waals surface area contributed by atoms with Crippen LogP contribution in [0.15, 0.2) is 11.4 Å². The second-order valence-electron chi connectivity index (χ2n) is 5.53. The van der Waals surface area contributed by atoms with E-state index in [2.05, 4.69) is 5.32 Å². The van der Waals surface area contributed by atoms with Crippen LogP contribution in [0.1, 0.15) is 23.4 Å². The SMILES string of the molecule is CC(C(=O)N1CCc2sccc2C1C(=O)O)C1CNC1. The lowest BCUT2D eigenvalue weighted by Crippen LogP contribution is -2.52. The lowest BCUT2D eigenvalue weighted by molar-refractivity contribution is -0.154. The number of rotatable bonds is 3. The van der Waals surface area contributed by atoms with Crippen LogP contribution in [0.3, 0.4) is 0 Å². The van der Waals surface area contributed by atoms with E-state index in [0.717, 1.165) is 30.0 Å². The number of carbonyl (C=O) groups is 2. The van der Waals surface area contributed by atoms with Crippen molar-refractivity contribution in [1.29, 1.82) is 0 Å². The number of carboxylic acid groups (broad SMARTS) is 1. The summed E-state index contributed by atoms with van der Waals surface area (Å²) < 4.78 is 0. The van der Waals surface area contributed by atoms with E-state index in [1.54, 1.807) is 16.2 Å². The zero-order chi connectivity index (χ0) is 14.3. The van der Waals surface area contributed by atoms with Crippen molar-refractivity contribution in [3.05, 3.63) is 21.9 Å². The van der Waals surface area contributed by atoms with Crippen molar-refractivity contribution in [2.24, 2.45) is 11.8 Å². The molecule has 0 saturated carbocycles. The minimum absolute atomic E-state index is 0.0271. The van der Waals surface area contributed by atoms with Gasteiger partial charge in [0.05, 0.1) is 0 Å². The molecule has 0 spiro atoms. The summed E-state index contributed by atoms with van der Waals surface area (Å²) in [6.45, 7) is 4.12. The summed E-state index contributed by atoms with van der Waals surface area (Å²) in [5.74, 6) is -0.739. The summed E-state index contributed by atoms with van der Waals surface area (Å²) in [6, 6.07) is 1.03. The second kappa shape index (κ2) is 5.18. The maximum atomic E-state index is 12.6. The van der Waals surface area contributed by atoms with Gasteiger partial charge in [0, 0.05) is 17.3 Å². The first-order chi connectivity index (χ1) is 9.59. The molecule has 2 unspecified atom stereocenters. The van der Waals surface area contributed by atoms with Crippen LogP contribution in [0.2, 0.25) is 0 Å². The van der Waals surface area contributed by atoms with Crippen LogP contribution in [0.25, 0.3) is 0 Å². The Morgan fingerprint density at radius 1 is 1.50 bits per heavy atom. The average Bonchev–Trinajstić information content (AvgIpc) is 2.82. The highest BCUT2D eigenvalue weighted by Crippen LogP contribution is 2.35. The van der Waals surface area contributed by atoms with Gasteiger partial charge in [-0.1, -0.05) is 6.92 Å². The zero-order valence-corrected chi connectivity index (χ0v) is 12.2. The number of hydrogen-bond acceptors (Lipinski definition) is 4. The van der Waals surface area contributed by atoms with E-state index in [1.165, 1.54) is 0 Å². The first kappa shape index (κ1) is 13.6. The van der Waals surface area contributed by atoms with Crippen LogP contribution in [-0.4, -0.2) is 41.5 Å². The van der Waals surface area contributed by atoms with E-state index in [-0.39, 0.29) is 11.8 Å². The molecular formula is C14H18N2O3S. The third-order valence-corrected chi connectivity index (χ3v) is 5.39. The molecule has 2 atom stereocenters. The summed E-state index contributed by atoms with van der Waals surface area (Å²) in [7, 11) is 0. The lowest BCUT2D eigenvalue weighted by Gasteiger charge is -2.39. The molecule has 0 aliphatic carbocycles. The Kier molecular flexibility index (Phi) is 3.52. The molecule has 2 N–H and O–H groups in total. The summed E-state index contributed by atoms with van der Waals surface area (Å²) in [5, 5.41) is 14.6. The van der Waals surface area contributed by atoms with Crippen molar-refractivity contribution in [2.45, 2.75) is 19.4 Å². The molecule has 6 heteroatoms. The molecule has 1 aromatic heterocycles. The fourth-order valence-corrected chi connectivity index (χ4v) is 3.85. The highest BCUT2D eigenvalue weighted by Gasteiger charge is 2.40. The molecule has 2 aliphatic rings. The van der Waals surface area contributed by atoms with Gasteiger partial charge in [-0.05, 0) is 42.4 Å². The van der Waals surface area contributed by atoms with Crippen LogP contribution < -0.4 is 5.32 Å². The molecular weight excluding hydrogens is 276 g/mol. The lowest BCUT2D eigenvalue weighted by atomic mass is 9.86. The van der Waals surface area contributed by atoms with Gasteiger partial charge in [0.2, 0.25) is 5.91 Å². The van der Waals surface area contributed by atoms with Crippen molar-refractivity contribution in [2.75, 3.05) is 19.6 Å². The Morgan fingerprint density at radius 2 is 2.25 bits per heavy atom. The number of nitrogens with zero attached hydrogens (tertiary/aromatic N) is 1. The Morgan fingerprint density at radius 3 is 2.85 bits per heavy atom. The van der Waals surface area contributed by atoms with Crippen LogP contribution in [0, 0.1) is 11.8 Å². The largest absolute Gasteiger partial charge is 0.479 e. The number of fused-ring (bicyclic) bond motifs is 1. The first-order valence-electron chi connectivity index (χ1n) is 6.90. The smallest absolute Gasteiger partial charge is 0.331 e. The summed E-state index contributed by atoms with van der Waals surface area (Å²) in [5.41, 5.74) is 0.793. The molecule has 1 fully saturated rings. The van der Waals surface area contributed by atoms with Crippen LogP contribution in [-0.2, 0) is 16.0 Å². The molecule has 1 aromatic rings. The predicted octanol–water partition coefficient (Wildman–Crippen LogP) is 1.11. The normalized spacial score (nSPS) is 23.9. The molecule has 0 bridgehead atoms. The van der Waals surface area contributed by atoms with E-state index in [1.807, 2.05) is 18.4 Å². The summed E-state index contributed by atoms with van der Waals surface area (Å²) >= 11 is 1.58. The zero-order valence-electron chi connectivity index (χ0n) is 11.3. The average molecular weight is 294 g/mol. The van der Waals surface area contributed by atoms with Gasteiger partial charge in [0.15, 0.2) is 6.04 Å². The minimum Gasteiger partial charge on any atom is -0.479 e. The molecule has 5 nitrogen and oxygen atoms in total. The highest BCUT2D eigenvalue weighted by molar-refractivity contribution is 7.10. The number of carboxylic acids is 1.